The molecule has 1 heterocycles. The van der Waals surface area contributed by atoms with Crippen molar-refractivity contribution in [3.8, 4) is 0 Å². The maximum atomic E-state index is 13.4. The Balaban J connectivity index is 2.18. The summed E-state index contributed by atoms with van der Waals surface area (Å²) in [5, 5.41) is 11.7. The highest BCUT2D eigenvalue weighted by atomic mass is 19.1. The summed E-state index contributed by atoms with van der Waals surface area (Å²) in [6.45, 7) is 1.67. The highest BCUT2D eigenvalue weighted by Gasteiger charge is 2.08. The molecule has 1 aromatic heterocycles. The van der Waals surface area contributed by atoms with Crippen LogP contribution in [0.3, 0.4) is 0 Å². The fourth-order valence-electron chi connectivity index (χ4n) is 1.75. The third kappa shape index (κ3) is 3.28. The van der Waals surface area contributed by atoms with Crippen LogP contribution in [0.1, 0.15) is 21.6 Å². The Hall–Kier alpha value is -2.50. The van der Waals surface area contributed by atoms with Gasteiger partial charge in [0.25, 0.3) is 0 Å². The fourth-order valence-corrected chi connectivity index (χ4v) is 1.75. The van der Waals surface area contributed by atoms with Crippen LogP contribution in [0.5, 0.6) is 0 Å². The zero-order valence-corrected chi connectivity index (χ0v) is 10.7. The first-order valence-electron chi connectivity index (χ1n) is 5.85. The van der Waals surface area contributed by atoms with Crippen LogP contribution in [0.4, 0.5) is 14.6 Å². The van der Waals surface area contributed by atoms with Gasteiger partial charge in [-0.15, -0.1) is 0 Å². The highest BCUT2D eigenvalue weighted by molar-refractivity contribution is 5.88. The molecule has 4 nitrogen and oxygen atoms in total. The van der Waals surface area contributed by atoms with Gasteiger partial charge < -0.3 is 10.4 Å². The normalized spacial score (nSPS) is 10.3. The van der Waals surface area contributed by atoms with Crippen molar-refractivity contribution in [1.29, 1.82) is 0 Å². The summed E-state index contributed by atoms with van der Waals surface area (Å²) in [7, 11) is 0. The van der Waals surface area contributed by atoms with Crippen LogP contribution >= 0.6 is 0 Å². The van der Waals surface area contributed by atoms with Crippen molar-refractivity contribution in [3.05, 3.63) is 58.8 Å². The standard InChI is InChI=1S/C14H12F2N2O2/c1-8-4-9(14(19)20)6-13(18-8)17-7-10-5-11(15)2-3-12(10)16/h2-6H,7H2,1H3,(H,17,18)(H,19,20). The van der Waals surface area contributed by atoms with E-state index in [1.807, 2.05) is 0 Å². The number of anilines is 1. The van der Waals surface area contributed by atoms with Crippen LogP contribution in [-0.2, 0) is 6.54 Å². The van der Waals surface area contributed by atoms with Crippen LogP contribution in [0.25, 0.3) is 0 Å². The molecule has 1 aromatic carbocycles. The minimum Gasteiger partial charge on any atom is -0.478 e. The molecule has 2 aromatic rings. The number of halogens is 2. The average Bonchev–Trinajstić information content (AvgIpc) is 2.39. The number of carboxylic acids is 1. The third-order valence-electron chi connectivity index (χ3n) is 2.67. The SMILES string of the molecule is Cc1cc(C(=O)O)cc(NCc2cc(F)ccc2F)n1. The van der Waals surface area contributed by atoms with E-state index in [0.29, 0.717) is 11.5 Å². The molecule has 0 aliphatic rings. The van der Waals surface area contributed by atoms with Crippen LogP contribution in [0.2, 0.25) is 0 Å². The van der Waals surface area contributed by atoms with Crippen molar-refractivity contribution in [3.63, 3.8) is 0 Å². The number of hydrogen-bond donors (Lipinski definition) is 2. The Morgan fingerprint density at radius 2 is 2.05 bits per heavy atom. The van der Waals surface area contributed by atoms with E-state index in [2.05, 4.69) is 10.3 Å². The molecule has 0 spiro atoms. The topological polar surface area (TPSA) is 62.2 Å². The second-order valence-corrected chi connectivity index (χ2v) is 4.28. The second-order valence-electron chi connectivity index (χ2n) is 4.28. The molecular weight excluding hydrogens is 266 g/mol. The average molecular weight is 278 g/mol. The van der Waals surface area contributed by atoms with Crippen LogP contribution in [0.15, 0.2) is 30.3 Å². The molecule has 0 bridgehead atoms. The lowest BCUT2D eigenvalue weighted by molar-refractivity contribution is 0.0696. The van der Waals surface area contributed by atoms with Crippen molar-refractivity contribution in [1.82, 2.24) is 4.98 Å². The Morgan fingerprint density at radius 3 is 2.75 bits per heavy atom. The van der Waals surface area contributed by atoms with Crippen molar-refractivity contribution in [2.24, 2.45) is 0 Å². The predicted molar refractivity (Wildman–Crippen MR) is 69.6 cm³/mol. The number of benzene rings is 1. The number of carbonyl (C=O) groups is 1. The van der Waals surface area contributed by atoms with Crippen molar-refractivity contribution in [2.45, 2.75) is 13.5 Å². The van der Waals surface area contributed by atoms with E-state index < -0.39 is 17.6 Å². The number of aromatic nitrogens is 1. The molecule has 20 heavy (non-hydrogen) atoms. The van der Waals surface area contributed by atoms with E-state index in [1.165, 1.54) is 12.1 Å². The molecule has 0 saturated heterocycles. The van der Waals surface area contributed by atoms with Gasteiger partial charge in [-0.05, 0) is 37.3 Å². The number of hydrogen-bond acceptors (Lipinski definition) is 3. The monoisotopic (exact) mass is 278 g/mol. The van der Waals surface area contributed by atoms with Gasteiger partial charge in [0.1, 0.15) is 17.5 Å². The third-order valence-corrected chi connectivity index (χ3v) is 2.67. The summed E-state index contributed by atoms with van der Waals surface area (Å²) in [4.78, 5) is 15.0. The number of rotatable bonds is 4. The number of nitrogens with one attached hydrogen (secondary N) is 1. The molecule has 2 rings (SSSR count). The lowest BCUT2D eigenvalue weighted by atomic mass is 10.2. The summed E-state index contributed by atoms with van der Waals surface area (Å²) in [5.41, 5.74) is 0.747. The van der Waals surface area contributed by atoms with E-state index in [0.717, 1.165) is 18.2 Å². The van der Waals surface area contributed by atoms with E-state index in [9.17, 15) is 13.6 Å². The molecule has 0 amide bonds. The zero-order chi connectivity index (χ0) is 14.7. The van der Waals surface area contributed by atoms with E-state index >= 15 is 0 Å². The lowest BCUT2D eigenvalue weighted by Gasteiger charge is -2.08. The van der Waals surface area contributed by atoms with Crippen LogP contribution in [0, 0.1) is 18.6 Å². The maximum absolute atomic E-state index is 13.4. The molecule has 2 N–H and O–H groups in total. The molecule has 0 radical (unpaired) electrons. The van der Waals surface area contributed by atoms with Gasteiger partial charge in [0.2, 0.25) is 0 Å². The molecule has 0 aliphatic heterocycles. The molecule has 0 atom stereocenters. The van der Waals surface area contributed by atoms with E-state index in [4.69, 9.17) is 5.11 Å². The van der Waals surface area contributed by atoms with Gasteiger partial charge >= 0.3 is 5.97 Å². The van der Waals surface area contributed by atoms with Crippen molar-refractivity contribution < 1.29 is 18.7 Å². The summed E-state index contributed by atoms with van der Waals surface area (Å²) in [5.74, 6) is -1.85. The molecule has 0 unspecified atom stereocenters. The predicted octanol–water partition coefficient (Wildman–Crippen LogP) is 2.98. The summed E-state index contributed by atoms with van der Waals surface area (Å²) in [6, 6.07) is 5.92. The lowest BCUT2D eigenvalue weighted by Crippen LogP contribution is -2.06. The highest BCUT2D eigenvalue weighted by Crippen LogP contribution is 2.14. The molecule has 0 aliphatic carbocycles. The molecular formula is C14H12F2N2O2. The minimum atomic E-state index is -1.07. The maximum Gasteiger partial charge on any atom is 0.335 e. The fraction of sp³-hybridized carbons (Fsp3) is 0.143. The van der Waals surface area contributed by atoms with Crippen LogP contribution in [-0.4, -0.2) is 16.1 Å². The van der Waals surface area contributed by atoms with Gasteiger partial charge in [-0.25, -0.2) is 18.6 Å². The number of aryl methyl sites for hydroxylation is 1. The zero-order valence-electron chi connectivity index (χ0n) is 10.7. The first-order chi connectivity index (χ1) is 9.45. The Bertz CT molecular complexity index is 660. The van der Waals surface area contributed by atoms with Crippen molar-refractivity contribution >= 4 is 11.8 Å². The summed E-state index contributed by atoms with van der Waals surface area (Å²) in [6.07, 6.45) is 0. The summed E-state index contributed by atoms with van der Waals surface area (Å²) < 4.78 is 26.5. The van der Waals surface area contributed by atoms with Gasteiger partial charge in [-0.1, -0.05) is 0 Å². The molecule has 104 valence electrons. The van der Waals surface area contributed by atoms with Crippen molar-refractivity contribution in [2.75, 3.05) is 5.32 Å². The van der Waals surface area contributed by atoms with E-state index in [1.54, 1.807) is 6.92 Å². The molecule has 0 saturated carbocycles. The first kappa shape index (κ1) is 13.9. The number of nitrogens with zero attached hydrogens (tertiary/aromatic N) is 1. The second kappa shape index (κ2) is 5.64. The number of carboxylic acid groups (broad SMARTS) is 1. The van der Waals surface area contributed by atoms with Gasteiger partial charge in [-0.3, -0.25) is 0 Å². The number of aromatic carboxylic acids is 1. The molecule has 0 fully saturated rings. The van der Waals surface area contributed by atoms with Gasteiger partial charge in [0.15, 0.2) is 0 Å². The van der Waals surface area contributed by atoms with E-state index in [-0.39, 0.29) is 17.7 Å². The summed E-state index contributed by atoms with van der Waals surface area (Å²) >= 11 is 0. The number of pyridine rings is 1. The minimum absolute atomic E-state index is 0.0130. The van der Waals surface area contributed by atoms with Gasteiger partial charge in [0.05, 0.1) is 5.56 Å². The Morgan fingerprint density at radius 1 is 1.30 bits per heavy atom. The van der Waals surface area contributed by atoms with Crippen LogP contribution < -0.4 is 5.32 Å². The van der Waals surface area contributed by atoms with Gasteiger partial charge in [0, 0.05) is 17.8 Å². The first-order valence-corrected chi connectivity index (χ1v) is 5.85. The smallest absolute Gasteiger partial charge is 0.335 e. The van der Waals surface area contributed by atoms with Gasteiger partial charge in [-0.2, -0.15) is 0 Å². The molecule has 6 heteroatoms. The quantitative estimate of drug-likeness (QED) is 0.902. The Labute approximate surface area is 114 Å². The largest absolute Gasteiger partial charge is 0.478 e. The Kier molecular flexibility index (Phi) is 3.93.